The number of esters is 2. The van der Waals surface area contributed by atoms with Crippen LogP contribution in [0, 0.1) is 35.5 Å². The molecule has 0 aliphatic carbocycles. The summed E-state index contributed by atoms with van der Waals surface area (Å²) in [4.78, 5) is 24.6. The molecule has 0 aromatic carbocycles. The number of hydrogen-bond donors (Lipinski definition) is 0. The Labute approximate surface area is 183 Å². The predicted octanol–water partition coefficient (Wildman–Crippen LogP) is 5.62. The quantitative estimate of drug-likeness (QED) is 0.325. The van der Waals surface area contributed by atoms with Gasteiger partial charge in [0.2, 0.25) is 0 Å². The van der Waals surface area contributed by atoms with Crippen LogP contribution >= 0.6 is 0 Å². The van der Waals surface area contributed by atoms with Crippen LogP contribution in [0.1, 0.15) is 80.1 Å². The van der Waals surface area contributed by atoms with Crippen molar-refractivity contribution in [3.63, 3.8) is 0 Å². The van der Waals surface area contributed by atoms with E-state index < -0.39 is 24.1 Å². The zero-order valence-corrected chi connectivity index (χ0v) is 19.6. The van der Waals surface area contributed by atoms with Crippen molar-refractivity contribution in [2.45, 2.75) is 92.3 Å². The van der Waals surface area contributed by atoms with Crippen LogP contribution in [0.5, 0.6) is 0 Å². The first-order valence-electron chi connectivity index (χ1n) is 10.8. The summed E-state index contributed by atoms with van der Waals surface area (Å²) in [6.07, 6.45) is 2.61. The molecule has 0 saturated carbocycles. The molecule has 0 amide bonds. The Balaban J connectivity index is 4.90. The summed E-state index contributed by atoms with van der Waals surface area (Å²) in [5, 5.41) is 0. The minimum absolute atomic E-state index is 0.0499. The largest absolute Gasteiger partial charge is 0.449 e. The lowest BCUT2D eigenvalue weighted by Crippen LogP contribution is -2.26. The minimum Gasteiger partial charge on any atom is -0.449 e. The number of rotatable bonds is 11. The maximum absolute atomic E-state index is 12.3. The summed E-state index contributed by atoms with van der Waals surface area (Å²) in [5.74, 6) is 11.0. The standard InChI is InChI=1S/C26H38O4/c1-9-11-21(7)23(15-13-19(3)4)29-25(27)17-18-26(28)30-24(16-14-20(5)6)22(8)12-10-2/h21-24H,3,5,9-12,17-18H2,1-2,4,6-8H3. The van der Waals surface area contributed by atoms with E-state index in [4.69, 9.17) is 9.47 Å². The summed E-state index contributed by atoms with van der Waals surface area (Å²) in [6, 6.07) is 0. The molecule has 0 bridgehead atoms. The van der Waals surface area contributed by atoms with Crippen LogP contribution < -0.4 is 0 Å². The molecule has 30 heavy (non-hydrogen) atoms. The van der Waals surface area contributed by atoms with E-state index in [0.717, 1.165) is 25.7 Å². The van der Waals surface area contributed by atoms with Crippen molar-refractivity contribution in [3.05, 3.63) is 24.3 Å². The van der Waals surface area contributed by atoms with Crippen molar-refractivity contribution in [2.24, 2.45) is 11.8 Å². The number of hydrogen-bond acceptors (Lipinski definition) is 4. The van der Waals surface area contributed by atoms with Crippen LogP contribution in [0.25, 0.3) is 0 Å². The Morgan fingerprint density at radius 2 is 1.10 bits per heavy atom. The van der Waals surface area contributed by atoms with Gasteiger partial charge in [0.15, 0.2) is 12.2 Å². The van der Waals surface area contributed by atoms with E-state index in [1.54, 1.807) is 13.8 Å². The zero-order valence-electron chi connectivity index (χ0n) is 19.6. The van der Waals surface area contributed by atoms with Crippen LogP contribution in [0.3, 0.4) is 0 Å². The highest BCUT2D eigenvalue weighted by Crippen LogP contribution is 2.17. The second-order valence-electron chi connectivity index (χ2n) is 7.95. The van der Waals surface area contributed by atoms with Gasteiger partial charge in [0.25, 0.3) is 0 Å². The molecule has 4 unspecified atom stereocenters. The fraction of sp³-hybridized carbons (Fsp3) is 0.615. The molecule has 0 heterocycles. The van der Waals surface area contributed by atoms with E-state index in [-0.39, 0.29) is 24.7 Å². The lowest BCUT2D eigenvalue weighted by atomic mass is 9.99. The zero-order chi connectivity index (χ0) is 23.1. The normalized spacial score (nSPS) is 13.9. The predicted molar refractivity (Wildman–Crippen MR) is 122 cm³/mol. The Hall–Kier alpha value is -2.46. The van der Waals surface area contributed by atoms with Crippen molar-refractivity contribution in [3.8, 4) is 23.7 Å². The highest BCUT2D eigenvalue weighted by Gasteiger charge is 2.22. The van der Waals surface area contributed by atoms with Crippen LogP contribution in [0.4, 0.5) is 0 Å². The van der Waals surface area contributed by atoms with Crippen LogP contribution in [0.2, 0.25) is 0 Å². The third-order valence-corrected chi connectivity index (χ3v) is 4.43. The molecular weight excluding hydrogens is 376 g/mol. The molecule has 166 valence electrons. The first-order chi connectivity index (χ1) is 14.1. The van der Waals surface area contributed by atoms with E-state index in [1.165, 1.54) is 0 Å². The van der Waals surface area contributed by atoms with Crippen molar-refractivity contribution in [2.75, 3.05) is 0 Å². The van der Waals surface area contributed by atoms with E-state index in [0.29, 0.717) is 11.1 Å². The van der Waals surface area contributed by atoms with Gasteiger partial charge in [-0.25, -0.2) is 0 Å². The van der Waals surface area contributed by atoms with Crippen molar-refractivity contribution in [1.29, 1.82) is 0 Å². The summed E-state index contributed by atoms with van der Waals surface area (Å²) in [6.45, 7) is 19.3. The lowest BCUT2D eigenvalue weighted by molar-refractivity contribution is -0.155. The van der Waals surface area contributed by atoms with Gasteiger partial charge in [-0.05, 0) is 37.8 Å². The Morgan fingerprint density at radius 3 is 1.37 bits per heavy atom. The fourth-order valence-corrected chi connectivity index (χ4v) is 2.78. The van der Waals surface area contributed by atoms with Gasteiger partial charge in [0.05, 0.1) is 12.8 Å². The minimum atomic E-state index is -0.510. The molecule has 4 heteroatoms. The highest BCUT2D eigenvalue weighted by atomic mass is 16.6. The molecule has 0 saturated heterocycles. The number of carbonyl (C=O) groups is 2. The maximum Gasteiger partial charge on any atom is 0.307 e. The second kappa shape index (κ2) is 15.4. The first kappa shape index (κ1) is 27.5. The van der Waals surface area contributed by atoms with Gasteiger partial charge in [-0.3, -0.25) is 9.59 Å². The Morgan fingerprint density at radius 1 is 0.767 bits per heavy atom. The van der Waals surface area contributed by atoms with Crippen LogP contribution in [-0.4, -0.2) is 24.1 Å². The summed E-state index contributed by atoms with van der Waals surface area (Å²) >= 11 is 0. The topological polar surface area (TPSA) is 52.6 Å². The van der Waals surface area contributed by atoms with Gasteiger partial charge in [0.1, 0.15) is 0 Å². The molecular formula is C26H38O4. The molecule has 0 aromatic heterocycles. The summed E-state index contributed by atoms with van der Waals surface area (Å²) in [5.41, 5.74) is 1.43. The van der Waals surface area contributed by atoms with E-state index in [1.807, 2.05) is 13.8 Å². The molecule has 4 atom stereocenters. The lowest BCUT2D eigenvalue weighted by Gasteiger charge is -2.20. The fourth-order valence-electron chi connectivity index (χ4n) is 2.78. The molecule has 0 spiro atoms. The molecule has 0 aromatic rings. The summed E-state index contributed by atoms with van der Waals surface area (Å²) < 4.78 is 11.1. The van der Waals surface area contributed by atoms with Gasteiger partial charge in [-0.15, -0.1) is 0 Å². The second-order valence-corrected chi connectivity index (χ2v) is 7.95. The smallest absolute Gasteiger partial charge is 0.307 e. The van der Waals surface area contributed by atoms with Gasteiger partial charge in [0, 0.05) is 11.8 Å². The van der Waals surface area contributed by atoms with E-state index in [9.17, 15) is 9.59 Å². The number of carbonyl (C=O) groups excluding carboxylic acids is 2. The molecule has 0 aliphatic rings. The van der Waals surface area contributed by atoms with Crippen LogP contribution in [-0.2, 0) is 19.1 Å². The molecule has 0 fully saturated rings. The summed E-state index contributed by atoms with van der Waals surface area (Å²) in [7, 11) is 0. The molecule has 4 nitrogen and oxygen atoms in total. The van der Waals surface area contributed by atoms with Gasteiger partial charge in [-0.2, -0.15) is 0 Å². The van der Waals surface area contributed by atoms with Crippen LogP contribution in [0.15, 0.2) is 24.3 Å². The first-order valence-corrected chi connectivity index (χ1v) is 10.8. The SMILES string of the molecule is C=C(C)C#CC(OC(=O)CCC(=O)OC(C#CC(=C)C)C(C)CCC)C(C)CCC. The third-order valence-electron chi connectivity index (χ3n) is 4.43. The van der Waals surface area contributed by atoms with Gasteiger partial charge < -0.3 is 9.47 Å². The Kier molecular flexibility index (Phi) is 14.1. The van der Waals surface area contributed by atoms with Crippen molar-refractivity contribution in [1.82, 2.24) is 0 Å². The molecule has 0 radical (unpaired) electrons. The third kappa shape index (κ3) is 12.9. The highest BCUT2D eigenvalue weighted by molar-refractivity contribution is 5.78. The van der Waals surface area contributed by atoms with Crippen molar-refractivity contribution >= 4 is 11.9 Å². The van der Waals surface area contributed by atoms with E-state index in [2.05, 4.69) is 50.7 Å². The monoisotopic (exact) mass is 414 g/mol. The molecule has 0 aliphatic heterocycles. The van der Waals surface area contributed by atoms with Crippen molar-refractivity contribution < 1.29 is 19.1 Å². The van der Waals surface area contributed by atoms with Gasteiger partial charge in [-0.1, -0.05) is 77.4 Å². The number of allylic oxidation sites excluding steroid dienone is 2. The number of ether oxygens (including phenoxy) is 2. The average Bonchev–Trinajstić information content (AvgIpc) is 2.66. The maximum atomic E-state index is 12.3. The molecule has 0 rings (SSSR count). The molecule has 0 N–H and O–H groups in total. The van der Waals surface area contributed by atoms with Gasteiger partial charge >= 0.3 is 11.9 Å². The van der Waals surface area contributed by atoms with E-state index >= 15 is 0 Å². The average molecular weight is 415 g/mol. The Bertz CT molecular complexity index is 649.